The van der Waals surface area contributed by atoms with Gasteiger partial charge in [0.05, 0.1) is 6.61 Å². The third-order valence-corrected chi connectivity index (χ3v) is 1.98. The van der Waals surface area contributed by atoms with Crippen molar-refractivity contribution in [1.29, 1.82) is 0 Å². The molecule has 0 bridgehead atoms. The van der Waals surface area contributed by atoms with Crippen molar-refractivity contribution in [2.45, 2.75) is 6.42 Å². The number of nitrogens with one attached hydrogen (secondary N) is 1. The maximum absolute atomic E-state index is 9.74. The van der Waals surface area contributed by atoms with Gasteiger partial charge in [0.25, 0.3) is 0 Å². The van der Waals surface area contributed by atoms with Gasteiger partial charge in [-0.05, 0) is 12.2 Å². The lowest BCUT2D eigenvalue weighted by atomic mass is 10.5. The van der Waals surface area contributed by atoms with Crippen LogP contribution in [0.3, 0.4) is 0 Å². The van der Waals surface area contributed by atoms with Crippen LogP contribution in [-0.2, 0) is 4.79 Å². The second-order valence-electron chi connectivity index (χ2n) is 1.76. The van der Waals surface area contributed by atoms with Gasteiger partial charge in [0, 0.05) is 12.3 Å². The summed E-state index contributed by atoms with van der Waals surface area (Å²) in [5.41, 5.74) is 0. The van der Waals surface area contributed by atoms with Gasteiger partial charge >= 0.3 is 0 Å². The first kappa shape index (κ1) is 9.78. The van der Waals surface area contributed by atoms with Gasteiger partial charge < -0.3 is 10.4 Å². The second kappa shape index (κ2) is 8.78. The van der Waals surface area contributed by atoms with Crippen LogP contribution in [0.15, 0.2) is 0 Å². The van der Waals surface area contributed by atoms with Gasteiger partial charge in [-0.3, -0.25) is 4.79 Å². The Bertz CT molecular complexity index is 80.1. The molecule has 0 rings (SSSR count). The van der Waals surface area contributed by atoms with Crippen molar-refractivity contribution in [1.82, 2.24) is 5.32 Å². The van der Waals surface area contributed by atoms with Crippen molar-refractivity contribution in [3.05, 3.63) is 0 Å². The van der Waals surface area contributed by atoms with E-state index in [1.807, 2.05) is 0 Å². The quantitative estimate of drug-likeness (QED) is 0.405. The molecule has 0 aromatic heterocycles. The first-order valence-corrected chi connectivity index (χ1v) is 4.43. The molecule has 0 aromatic rings. The molecule has 0 heterocycles. The van der Waals surface area contributed by atoms with Gasteiger partial charge in [0.2, 0.25) is 6.41 Å². The van der Waals surface area contributed by atoms with Crippen LogP contribution in [0.5, 0.6) is 0 Å². The summed E-state index contributed by atoms with van der Waals surface area (Å²) < 4.78 is 0. The highest BCUT2D eigenvalue weighted by Gasteiger charge is 1.86. The zero-order valence-electron chi connectivity index (χ0n) is 5.88. The first-order valence-electron chi connectivity index (χ1n) is 3.27. The Morgan fingerprint density at radius 3 is 2.90 bits per heavy atom. The number of carbonyl (C=O) groups is 1. The van der Waals surface area contributed by atoms with Crippen LogP contribution in [-0.4, -0.2) is 36.2 Å². The van der Waals surface area contributed by atoms with Crippen LogP contribution >= 0.6 is 11.8 Å². The fourth-order valence-corrected chi connectivity index (χ4v) is 1.18. The molecule has 0 saturated carbocycles. The number of rotatable bonds is 7. The highest BCUT2D eigenvalue weighted by Crippen LogP contribution is 1.99. The molecule has 0 aliphatic heterocycles. The van der Waals surface area contributed by atoms with Gasteiger partial charge in [-0.2, -0.15) is 11.8 Å². The second-order valence-corrected chi connectivity index (χ2v) is 2.99. The minimum Gasteiger partial charge on any atom is -0.396 e. The number of aliphatic hydroxyl groups excluding tert-OH is 1. The van der Waals surface area contributed by atoms with E-state index >= 15 is 0 Å². The number of thioether (sulfide) groups is 1. The van der Waals surface area contributed by atoms with Gasteiger partial charge in [-0.15, -0.1) is 0 Å². The number of carbonyl (C=O) groups excluding carboxylic acids is 1. The molecule has 60 valence electrons. The Hall–Kier alpha value is -0.220. The van der Waals surface area contributed by atoms with Gasteiger partial charge in [0.1, 0.15) is 0 Å². The summed E-state index contributed by atoms with van der Waals surface area (Å²) in [6.45, 7) is 0.980. The van der Waals surface area contributed by atoms with E-state index in [4.69, 9.17) is 5.11 Å². The number of hydrogen-bond acceptors (Lipinski definition) is 3. The normalized spacial score (nSPS) is 9.30. The first-order chi connectivity index (χ1) is 4.91. The van der Waals surface area contributed by atoms with E-state index in [-0.39, 0.29) is 6.61 Å². The molecule has 0 aliphatic carbocycles. The van der Waals surface area contributed by atoms with E-state index in [9.17, 15) is 4.79 Å². The van der Waals surface area contributed by atoms with Crippen LogP contribution in [0.2, 0.25) is 0 Å². The van der Waals surface area contributed by atoms with Crippen molar-refractivity contribution in [2.24, 2.45) is 0 Å². The molecule has 0 spiro atoms. The zero-order valence-corrected chi connectivity index (χ0v) is 6.69. The molecule has 3 nitrogen and oxygen atoms in total. The Kier molecular flexibility index (Phi) is 8.59. The topological polar surface area (TPSA) is 49.3 Å². The molecule has 0 saturated heterocycles. The maximum atomic E-state index is 9.74. The SMILES string of the molecule is O=CNCCCSCCO. The average molecular weight is 163 g/mol. The van der Waals surface area contributed by atoms with Crippen molar-refractivity contribution in [2.75, 3.05) is 24.7 Å². The summed E-state index contributed by atoms with van der Waals surface area (Å²) in [5, 5.41) is 10.9. The summed E-state index contributed by atoms with van der Waals surface area (Å²) in [7, 11) is 0. The lowest BCUT2D eigenvalue weighted by Crippen LogP contribution is -2.12. The Morgan fingerprint density at radius 2 is 2.30 bits per heavy atom. The number of aliphatic hydroxyl groups is 1. The molecule has 10 heavy (non-hydrogen) atoms. The molecule has 0 fully saturated rings. The van der Waals surface area contributed by atoms with Crippen molar-refractivity contribution in [3.8, 4) is 0 Å². The molecular formula is C6H13NO2S. The number of amides is 1. The van der Waals surface area contributed by atoms with E-state index in [1.165, 1.54) is 0 Å². The average Bonchev–Trinajstić information content (AvgIpc) is 1.97. The molecule has 4 heteroatoms. The highest BCUT2D eigenvalue weighted by molar-refractivity contribution is 7.99. The molecule has 0 aromatic carbocycles. The lowest BCUT2D eigenvalue weighted by Gasteiger charge is -1.97. The minimum atomic E-state index is 0.242. The molecule has 2 N–H and O–H groups in total. The largest absolute Gasteiger partial charge is 0.396 e. The summed E-state index contributed by atoms with van der Waals surface area (Å²) in [6, 6.07) is 0. The third kappa shape index (κ3) is 7.78. The standard InChI is InChI=1S/C6H13NO2S/c8-3-5-10-4-1-2-7-6-9/h6,8H,1-5H2,(H,7,9). The zero-order chi connectivity index (χ0) is 7.66. The summed E-state index contributed by atoms with van der Waals surface area (Å²) >= 11 is 1.70. The maximum Gasteiger partial charge on any atom is 0.207 e. The van der Waals surface area contributed by atoms with Crippen LogP contribution in [0.25, 0.3) is 0 Å². The Morgan fingerprint density at radius 1 is 1.50 bits per heavy atom. The molecular weight excluding hydrogens is 150 g/mol. The Balaban J connectivity index is 2.70. The van der Waals surface area contributed by atoms with Crippen LogP contribution < -0.4 is 5.32 Å². The van der Waals surface area contributed by atoms with Gasteiger partial charge in [-0.1, -0.05) is 0 Å². The van der Waals surface area contributed by atoms with Crippen LogP contribution in [0.1, 0.15) is 6.42 Å². The smallest absolute Gasteiger partial charge is 0.207 e. The van der Waals surface area contributed by atoms with Gasteiger partial charge in [0.15, 0.2) is 0 Å². The van der Waals surface area contributed by atoms with E-state index in [2.05, 4.69) is 5.32 Å². The van der Waals surface area contributed by atoms with Crippen molar-refractivity contribution >= 4 is 18.2 Å². The van der Waals surface area contributed by atoms with Crippen LogP contribution in [0, 0.1) is 0 Å². The summed E-state index contributed by atoms with van der Waals surface area (Å²) in [6.07, 6.45) is 1.68. The fourth-order valence-electron chi connectivity index (χ4n) is 0.502. The summed E-state index contributed by atoms with van der Waals surface area (Å²) in [4.78, 5) is 9.74. The van der Waals surface area contributed by atoms with E-state index < -0.39 is 0 Å². The lowest BCUT2D eigenvalue weighted by molar-refractivity contribution is -0.109. The van der Waals surface area contributed by atoms with E-state index in [0.29, 0.717) is 6.41 Å². The molecule has 0 unspecified atom stereocenters. The van der Waals surface area contributed by atoms with Crippen LogP contribution in [0.4, 0.5) is 0 Å². The highest BCUT2D eigenvalue weighted by atomic mass is 32.2. The van der Waals surface area contributed by atoms with E-state index in [1.54, 1.807) is 11.8 Å². The monoisotopic (exact) mass is 163 g/mol. The predicted molar refractivity (Wildman–Crippen MR) is 43.1 cm³/mol. The van der Waals surface area contributed by atoms with Gasteiger partial charge in [-0.25, -0.2) is 0 Å². The van der Waals surface area contributed by atoms with E-state index in [0.717, 1.165) is 24.5 Å². The third-order valence-electron chi connectivity index (χ3n) is 0.929. The Labute approximate surface area is 65.2 Å². The van der Waals surface area contributed by atoms with Crippen molar-refractivity contribution < 1.29 is 9.90 Å². The number of hydrogen-bond donors (Lipinski definition) is 2. The molecule has 1 amide bonds. The molecule has 0 radical (unpaired) electrons. The molecule has 0 atom stereocenters. The minimum absolute atomic E-state index is 0.242. The van der Waals surface area contributed by atoms with Crippen molar-refractivity contribution in [3.63, 3.8) is 0 Å². The molecule has 0 aliphatic rings. The fraction of sp³-hybridized carbons (Fsp3) is 0.833. The predicted octanol–water partition coefficient (Wildman–Crippen LogP) is -0.152. The summed E-state index contributed by atoms with van der Waals surface area (Å²) in [5.74, 6) is 1.79.